The van der Waals surface area contributed by atoms with E-state index in [-0.39, 0.29) is 43.4 Å². The Morgan fingerprint density at radius 2 is 1.80 bits per heavy atom. The normalized spacial score (nSPS) is 11.2. The van der Waals surface area contributed by atoms with Gasteiger partial charge in [-0.3, -0.25) is 9.59 Å². The Hall–Kier alpha value is -1.59. The molecule has 0 saturated heterocycles. The van der Waals surface area contributed by atoms with Gasteiger partial charge in [0.2, 0.25) is 11.8 Å². The molecule has 1 aromatic rings. The van der Waals surface area contributed by atoms with E-state index >= 15 is 0 Å². The quantitative estimate of drug-likeness (QED) is 0.730. The molecule has 0 fully saturated rings. The molecule has 0 aliphatic rings. The molecule has 20 heavy (non-hydrogen) atoms. The molecule has 0 spiro atoms. The van der Waals surface area contributed by atoms with Crippen LogP contribution in [0, 0.1) is 0 Å². The summed E-state index contributed by atoms with van der Waals surface area (Å²) < 4.78 is 0. The zero-order valence-corrected chi connectivity index (χ0v) is 12.6. The van der Waals surface area contributed by atoms with E-state index in [0.717, 1.165) is 12.0 Å². The van der Waals surface area contributed by atoms with E-state index in [9.17, 15) is 9.59 Å². The predicted molar refractivity (Wildman–Crippen MR) is 81.7 cm³/mol. The van der Waals surface area contributed by atoms with Crippen LogP contribution < -0.4 is 16.4 Å². The van der Waals surface area contributed by atoms with Crippen molar-refractivity contribution in [2.24, 2.45) is 5.73 Å². The highest BCUT2D eigenvalue weighted by Crippen LogP contribution is 2.13. The lowest BCUT2D eigenvalue weighted by Gasteiger charge is -2.15. The first-order valence-corrected chi connectivity index (χ1v) is 6.41. The second-order valence-corrected chi connectivity index (χ2v) is 4.37. The summed E-state index contributed by atoms with van der Waals surface area (Å²) in [4.78, 5) is 22.5. The number of nitrogens with two attached hydrogens (primary N) is 1. The number of aryl methyl sites for hydroxylation is 1. The fourth-order valence-corrected chi connectivity index (χ4v) is 1.67. The molecule has 0 aromatic heterocycles. The van der Waals surface area contributed by atoms with Crippen molar-refractivity contribution in [3.05, 3.63) is 35.4 Å². The number of carbonyl (C=O) groups is 2. The van der Waals surface area contributed by atoms with Crippen LogP contribution in [0.5, 0.6) is 0 Å². The lowest BCUT2D eigenvalue weighted by molar-refractivity contribution is -0.125. The summed E-state index contributed by atoms with van der Waals surface area (Å²) in [7, 11) is 0. The van der Waals surface area contributed by atoms with Crippen molar-refractivity contribution < 1.29 is 9.59 Å². The Kier molecular flexibility index (Phi) is 8.59. The summed E-state index contributed by atoms with van der Waals surface area (Å²) in [5.74, 6) is -0.566. The van der Waals surface area contributed by atoms with Crippen molar-refractivity contribution in [2.45, 2.75) is 26.3 Å². The van der Waals surface area contributed by atoms with Gasteiger partial charge >= 0.3 is 0 Å². The van der Waals surface area contributed by atoms with Crippen LogP contribution in [0.15, 0.2) is 24.3 Å². The lowest BCUT2D eigenvalue weighted by atomic mass is 10.1. The van der Waals surface area contributed by atoms with Crippen molar-refractivity contribution in [1.82, 2.24) is 10.6 Å². The van der Waals surface area contributed by atoms with Crippen LogP contribution in [0.1, 0.15) is 31.0 Å². The summed E-state index contributed by atoms with van der Waals surface area (Å²) in [5.41, 5.74) is 7.43. The van der Waals surface area contributed by atoms with Gasteiger partial charge in [0.15, 0.2) is 0 Å². The van der Waals surface area contributed by atoms with E-state index < -0.39 is 0 Å². The largest absolute Gasteiger partial charge is 0.348 e. The van der Waals surface area contributed by atoms with E-state index in [1.165, 1.54) is 5.56 Å². The van der Waals surface area contributed by atoms with Crippen molar-refractivity contribution in [3.8, 4) is 0 Å². The first-order valence-electron chi connectivity index (χ1n) is 6.41. The van der Waals surface area contributed by atoms with Crippen molar-refractivity contribution >= 4 is 24.2 Å². The molecule has 4 N–H and O–H groups in total. The van der Waals surface area contributed by atoms with Gasteiger partial charge in [-0.1, -0.05) is 31.2 Å². The number of nitrogens with one attached hydrogen (secondary N) is 2. The van der Waals surface area contributed by atoms with E-state index in [1.807, 2.05) is 31.2 Å². The van der Waals surface area contributed by atoms with Crippen LogP contribution in [0.3, 0.4) is 0 Å². The average molecular weight is 300 g/mol. The van der Waals surface area contributed by atoms with E-state index in [2.05, 4.69) is 17.6 Å². The third-order valence-electron chi connectivity index (χ3n) is 2.90. The lowest BCUT2D eigenvalue weighted by Crippen LogP contribution is -2.40. The monoisotopic (exact) mass is 299 g/mol. The Labute approximate surface area is 125 Å². The molecule has 0 saturated carbocycles. The van der Waals surface area contributed by atoms with Crippen LogP contribution in [-0.4, -0.2) is 24.9 Å². The Bertz CT molecular complexity index is 435. The molecule has 0 bridgehead atoms. The second-order valence-electron chi connectivity index (χ2n) is 4.37. The van der Waals surface area contributed by atoms with Gasteiger partial charge in [0.1, 0.15) is 0 Å². The zero-order chi connectivity index (χ0) is 14.3. The van der Waals surface area contributed by atoms with Crippen LogP contribution in [-0.2, 0) is 16.0 Å². The molecule has 0 radical (unpaired) electrons. The van der Waals surface area contributed by atoms with Gasteiger partial charge in [-0.2, -0.15) is 0 Å². The minimum atomic E-state index is -0.338. The maximum Gasteiger partial charge on any atom is 0.239 e. The molecule has 0 aliphatic heterocycles. The first kappa shape index (κ1) is 18.4. The van der Waals surface area contributed by atoms with E-state index in [1.54, 1.807) is 0 Å². The minimum absolute atomic E-state index is 0. The highest BCUT2D eigenvalue weighted by molar-refractivity contribution is 5.85. The van der Waals surface area contributed by atoms with Crippen LogP contribution >= 0.6 is 12.4 Å². The fraction of sp³-hybridized carbons (Fsp3) is 0.429. The predicted octanol–water partition coefficient (Wildman–Crippen LogP) is 0.923. The molecule has 112 valence electrons. The van der Waals surface area contributed by atoms with Gasteiger partial charge in [0, 0.05) is 0 Å². The smallest absolute Gasteiger partial charge is 0.239 e. The van der Waals surface area contributed by atoms with Crippen LogP contribution in [0.25, 0.3) is 0 Å². The topological polar surface area (TPSA) is 84.2 Å². The molecule has 2 amide bonds. The summed E-state index contributed by atoms with van der Waals surface area (Å²) in [6, 6.07) is 8.01. The van der Waals surface area contributed by atoms with Crippen molar-refractivity contribution in [1.29, 1.82) is 0 Å². The van der Waals surface area contributed by atoms with Crippen molar-refractivity contribution in [3.63, 3.8) is 0 Å². The summed E-state index contributed by atoms with van der Waals surface area (Å²) >= 11 is 0. The molecule has 1 atom stereocenters. The zero-order valence-electron chi connectivity index (χ0n) is 11.8. The molecule has 1 rings (SSSR count). The number of rotatable bonds is 6. The maximum absolute atomic E-state index is 11.6. The number of halogens is 1. The maximum atomic E-state index is 11.6. The molecule has 0 heterocycles. The SMILES string of the molecule is CCc1ccc(C(C)NC(=O)CNC(=O)CN)cc1.Cl. The molecule has 1 unspecified atom stereocenters. The standard InChI is InChI=1S/C14H21N3O2.ClH/c1-3-11-4-6-12(7-5-11)10(2)17-14(19)9-16-13(18)8-15;/h4-7,10H,3,8-9,15H2,1-2H3,(H,16,18)(H,17,19);1H. The number of benzene rings is 1. The van der Waals surface area contributed by atoms with Gasteiger partial charge in [-0.25, -0.2) is 0 Å². The number of carbonyl (C=O) groups excluding carboxylic acids is 2. The minimum Gasteiger partial charge on any atom is -0.348 e. The van der Waals surface area contributed by atoms with Gasteiger partial charge in [-0.15, -0.1) is 12.4 Å². The van der Waals surface area contributed by atoms with Crippen LogP contribution in [0.2, 0.25) is 0 Å². The molecule has 6 heteroatoms. The van der Waals surface area contributed by atoms with E-state index in [4.69, 9.17) is 5.73 Å². The van der Waals surface area contributed by atoms with Gasteiger partial charge in [-0.05, 0) is 24.5 Å². The molecule has 0 aliphatic carbocycles. The molecule has 1 aromatic carbocycles. The highest BCUT2D eigenvalue weighted by atomic mass is 35.5. The van der Waals surface area contributed by atoms with Gasteiger partial charge in [0.25, 0.3) is 0 Å². The molecular formula is C14H22ClN3O2. The fourth-order valence-electron chi connectivity index (χ4n) is 1.67. The number of hydrogen-bond donors (Lipinski definition) is 3. The first-order chi connectivity index (χ1) is 9.06. The molecule has 5 nitrogen and oxygen atoms in total. The van der Waals surface area contributed by atoms with E-state index in [0.29, 0.717) is 0 Å². The second kappa shape index (κ2) is 9.34. The Balaban J connectivity index is 0.00000361. The highest BCUT2D eigenvalue weighted by Gasteiger charge is 2.10. The van der Waals surface area contributed by atoms with Crippen molar-refractivity contribution in [2.75, 3.05) is 13.1 Å². The van der Waals surface area contributed by atoms with Gasteiger partial charge < -0.3 is 16.4 Å². The summed E-state index contributed by atoms with van der Waals surface area (Å²) in [5, 5.41) is 5.25. The Morgan fingerprint density at radius 1 is 1.20 bits per heavy atom. The number of hydrogen-bond acceptors (Lipinski definition) is 3. The Morgan fingerprint density at radius 3 is 2.30 bits per heavy atom. The van der Waals surface area contributed by atoms with Crippen LogP contribution in [0.4, 0.5) is 0 Å². The average Bonchev–Trinajstić information content (AvgIpc) is 2.44. The van der Waals surface area contributed by atoms with Gasteiger partial charge in [0.05, 0.1) is 19.1 Å². The third kappa shape index (κ3) is 6.04. The molecular weight excluding hydrogens is 278 g/mol. The third-order valence-corrected chi connectivity index (χ3v) is 2.90. The summed E-state index contributed by atoms with van der Waals surface area (Å²) in [6.45, 7) is 3.85. The summed E-state index contributed by atoms with van der Waals surface area (Å²) in [6.07, 6.45) is 0.992. The number of amides is 2.